The van der Waals surface area contributed by atoms with Crippen molar-refractivity contribution >= 4 is 6.08 Å². The zero-order chi connectivity index (χ0) is 16.0. The predicted molar refractivity (Wildman–Crippen MR) is 88.9 cm³/mol. The van der Waals surface area contributed by atoms with Crippen LogP contribution in [0.2, 0.25) is 0 Å². The lowest BCUT2D eigenvalue weighted by Gasteiger charge is -2.32. The molecule has 118 valence electrons. The molecule has 0 fully saturated rings. The van der Waals surface area contributed by atoms with Crippen LogP contribution >= 0.6 is 0 Å². The van der Waals surface area contributed by atoms with E-state index in [1.807, 2.05) is 19.1 Å². The van der Waals surface area contributed by atoms with Crippen LogP contribution in [-0.4, -0.2) is 32.8 Å². The van der Waals surface area contributed by atoms with Gasteiger partial charge in [-0.15, -0.1) is 10.2 Å². The van der Waals surface area contributed by atoms with E-state index in [4.69, 9.17) is 4.74 Å². The van der Waals surface area contributed by atoms with E-state index in [-0.39, 0.29) is 6.04 Å². The molecule has 2 aliphatic rings. The molecule has 1 aromatic carbocycles. The van der Waals surface area contributed by atoms with Crippen LogP contribution in [-0.2, 0) is 6.54 Å². The number of hydrogen-bond acceptors (Lipinski definition) is 4. The summed E-state index contributed by atoms with van der Waals surface area (Å²) in [6.45, 7) is 5.05. The summed E-state index contributed by atoms with van der Waals surface area (Å²) in [6, 6.07) is 8.85. The Hall–Kier alpha value is -2.56. The van der Waals surface area contributed by atoms with Gasteiger partial charge in [0.1, 0.15) is 11.6 Å². The highest BCUT2D eigenvalue weighted by Gasteiger charge is 2.36. The summed E-state index contributed by atoms with van der Waals surface area (Å²) in [5, 5.41) is 8.45. The number of hydrogen-bond donors (Lipinski definition) is 0. The van der Waals surface area contributed by atoms with Gasteiger partial charge in [-0.1, -0.05) is 18.2 Å². The highest BCUT2D eigenvalue weighted by molar-refractivity contribution is 5.48. The van der Waals surface area contributed by atoms with E-state index < -0.39 is 0 Å². The zero-order valence-electron chi connectivity index (χ0n) is 13.6. The summed E-state index contributed by atoms with van der Waals surface area (Å²) in [6.07, 6.45) is 6.63. The van der Waals surface area contributed by atoms with Gasteiger partial charge in [-0.3, -0.25) is 0 Å². The van der Waals surface area contributed by atoms with Gasteiger partial charge in [-0.05, 0) is 43.7 Å². The number of ether oxygens (including phenoxy) is 1. The maximum absolute atomic E-state index is 5.34. The topological polar surface area (TPSA) is 43.2 Å². The highest BCUT2D eigenvalue weighted by atomic mass is 16.5. The van der Waals surface area contributed by atoms with Crippen molar-refractivity contribution in [3.8, 4) is 5.75 Å². The predicted octanol–water partition coefficient (Wildman–Crippen LogP) is 2.95. The number of rotatable bonds is 3. The Kier molecular flexibility index (Phi) is 3.22. The van der Waals surface area contributed by atoms with Crippen LogP contribution in [0.3, 0.4) is 0 Å². The van der Waals surface area contributed by atoms with Crippen molar-refractivity contribution < 1.29 is 4.74 Å². The van der Waals surface area contributed by atoms with Crippen LogP contribution < -0.4 is 4.74 Å². The molecule has 1 aromatic heterocycles. The van der Waals surface area contributed by atoms with E-state index in [1.165, 1.54) is 11.3 Å². The Labute approximate surface area is 135 Å². The maximum Gasteiger partial charge on any atom is 0.157 e. The van der Waals surface area contributed by atoms with Crippen molar-refractivity contribution in [1.29, 1.82) is 0 Å². The molecule has 5 heteroatoms. The molecule has 5 nitrogen and oxygen atoms in total. The van der Waals surface area contributed by atoms with Gasteiger partial charge in [0.15, 0.2) is 5.82 Å². The second-order valence-electron chi connectivity index (χ2n) is 6.10. The zero-order valence-corrected chi connectivity index (χ0v) is 13.6. The first kappa shape index (κ1) is 14.1. The van der Waals surface area contributed by atoms with Crippen LogP contribution in [0.5, 0.6) is 5.75 Å². The standard InChI is InChI=1S/C18H20N4O/c1-12-9-17-16(7-8-18-20-19-13(2)22(17)18)21(12)11-14-5-4-6-15(10-14)23-3/h4-10,16-17H,11H2,1-3H3. The van der Waals surface area contributed by atoms with Crippen LogP contribution in [0.1, 0.15) is 30.2 Å². The molecule has 2 unspecified atom stereocenters. The Balaban J connectivity index is 1.64. The second-order valence-corrected chi connectivity index (χ2v) is 6.10. The first-order valence-electron chi connectivity index (χ1n) is 7.85. The third-order valence-electron chi connectivity index (χ3n) is 4.70. The van der Waals surface area contributed by atoms with Crippen LogP contribution in [0.4, 0.5) is 0 Å². The molecule has 3 heterocycles. The van der Waals surface area contributed by atoms with Crippen molar-refractivity contribution in [1.82, 2.24) is 19.7 Å². The Morgan fingerprint density at radius 2 is 2.04 bits per heavy atom. The number of nitrogens with zero attached hydrogens (tertiary/aromatic N) is 4. The lowest BCUT2D eigenvalue weighted by Crippen LogP contribution is -2.35. The van der Waals surface area contributed by atoms with Gasteiger partial charge < -0.3 is 14.2 Å². The van der Waals surface area contributed by atoms with Crippen molar-refractivity contribution in [3.63, 3.8) is 0 Å². The van der Waals surface area contributed by atoms with Crippen LogP contribution in [0, 0.1) is 6.92 Å². The summed E-state index contributed by atoms with van der Waals surface area (Å²) in [5.74, 6) is 2.80. The average molecular weight is 308 g/mol. The Morgan fingerprint density at radius 3 is 2.87 bits per heavy atom. The molecule has 0 saturated carbocycles. The van der Waals surface area contributed by atoms with Gasteiger partial charge in [0.05, 0.1) is 19.2 Å². The number of benzene rings is 1. The molecule has 2 aliphatic heterocycles. The van der Waals surface area contributed by atoms with Gasteiger partial charge in [-0.2, -0.15) is 0 Å². The number of allylic oxidation sites excluding steroid dienone is 1. The minimum Gasteiger partial charge on any atom is -0.497 e. The van der Waals surface area contributed by atoms with E-state index in [0.29, 0.717) is 6.04 Å². The van der Waals surface area contributed by atoms with E-state index in [1.54, 1.807) is 7.11 Å². The molecule has 23 heavy (non-hydrogen) atoms. The molecule has 0 saturated heterocycles. The highest BCUT2D eigenvalue weighted by Crippen LogP contribution is 2.37. The lowest BCUT2D eigenvalue weighted by molar-refractivity contribution is 0.269. The number of fused-ring (bicyclic) bond motifs is 3. The van der Waals surface area contributed by atoms with Gasteiger partial charge in [0.25, 0.3) is 0 Å². The second kappa shape index (κ2) is 5.26. The molecule has 0 spiro atoms. The fraction of sp³-hybridized carbons (Fsp3) is 0.333. The molecule has 0 aliphatic carbocycles. The normalized spacial score (nSPS) is 21.9. The molecule has 0 N–H and O–H groups in total. The van der Waals surface area contributed by atoms with E-state index in [2.05, 4.69) is 56.9 Å². The monoisotopic (exact) mass is 308 g/mol. The molecule has 4 rings (SSSR count). The lowest BCUT2D eigenvalue weighted by atomic mass is 10.1. The molecule has 0 amide bonds. The van der Waals surface area contributed by atoms with E-state index in [9.17, 15) is 0 Å². The Bertz CT molecular complexity index is 805. The van der Waals surface area contributed by atoms with E-state index in [0.717, 1.165) is 23.9 Å². The van der Waals surface area contributed by atoms with Crippen molar-refractivity contribution in [2.75, 3.05) is 7.11 Å². The fourth-order valence-corrected chi connectivity index (χ4v) is 3.56. The number of aromatic nitrogens is 3. The summed E-state index contributed by atoms with van der Waals surface area (Å²) in [5.41, 5.74) is 2.53. The minimum atomic E-state index is 0.274. The number of aryl methyl sites for hydroxylation is 1. The summed E-state index contributed by atoms with van der Waals surface area (Å²) < 4.78 is 7.56. The fourth-order valence-electron chi connectivity index (χ4n) is 3.56. The Morgan fingerprint density at radius 1 is 1.17 bits per heavy atom. The molecular formula is C18H20N4O. The third kappa shape index (κ3) is 2.23. The van der Waals surface area contributed by atoms with Gasteiger partial charge >= 0.3 is 0 Å². The van der Waals surface area contributed by atoms with Crippen molar-refractivity contribution in [2.45, 2.75) is 32.5 Å². The van der Waals surface area contributed by atoms with Crippen LogP contribution in [0.25, 0.3) is 6.08 Å². The summed E-state index contributed by atoms with van der Waals surface area (Å²) >= 11 is 0. The SMILES string of the molecule is COc1cccc(CN2C(C)=CC3C2C=Cc2nnc(C)n23)c1. The van der Waals surface area contributed by atoms with Crippen molar-refractivity contribution in [3.05, 3.63) is 59.3 Å². The number of methoxy groups -OCH3 is 1. The smallest absolute Gasteiger partial charge is 0.157 e. The molecule has 2 aromatic rings. The summed E-state index contributed by atoms with van der Waals surface area (Å²) in [4.78, 5) is 2.43. The maximum atomic E-state index is 5.34. The molecule has 2 atom stereocenters. The van der Waals surface area contributed by atoms with Gasteiger partial charge in [0, 0.05) is 12.2 Å². The third-order valence-corrected chi connectivity index (χ3v) is 4.70. The first-order chi connectivity index (χ1) is 11.2. The molecule has 0 radical (unpaired) electrons. The molecular weight excluding hydrogens is 288 g/mol. The van der Waals surface area contributed by atoms with Gasteiger partial charge in [0.2, 0.25) is 0 Å². The summed E-state index contributed by atoms with van der Waals surface area (Å²) in [7, 11) is 1.70. The van der Waals surface area contributed by atoms with Gasteiger partial charge in [-0.25, -0.2) is 0 Å². The van der Waals surface area contributed by atoms with E-state index >= 15 is 0 Å². The minimum absolute atomic E-state index is 0.274. The van der Waals surface area contributed by atoms with Crippen molar-refractivity contribution in [2.24, 2.45) is 0 Å². The van der Waals surface area contributed by atoms with Crippen LogP contribution in [0.15, 0.2) is 42.1 Å². The first-order valence-corrected chi connectivity index (χ1v) is 7.85. The molecule has 0 bridgehead atoms. The quantitative estimate of drug-likeness (QED) is 0.874. The average Bonchev–Trinajstić information content (AvgIpc) is 3.09. The largest absolute Gasteiger partial charge is 0.497 e.